The summed E-state index contributed by atoms with van der Waals surface area (Å²) in [7, 11) is -6.70. The molecular weight excluding hydrogens is 390 g/mol. The number of nitrogens with one attached hydrogen (secondary N) is 2. The molecule has 11 heteroatoms. The summed E-state index contributed by atoms with van der Waals surface area (Å²) >= 11 is 5.95. The summed E-state index contributed by atoms with van der Waals surface area (Å²) in [6, 6.07) is 9.03. The van der Waals surface area contributed by atoms with Crippen LogP contribution < -0.4 is 19.9 Å². The molecule has 0 bridgehead atoms. The van der Waals surface area contributed by atoms with Gasteiger partial charge in [0.25, 0.3) is 0 Å². The van der Waals surface area contributed by atoms with Gasteiger partial charge >= 0.3 is 0 Å². The first-order chi connectivity index (χ1) is 11.6. The highest BCUT2D eigenvalue weighted by molar-refractivity contribution is 7.90. The Labute approximate surface area is 150 Å². The van der Waals surface area contributed by atoms with Crippen LogP contribution in [0.5, 0.6) is 5.75 Å². The number of para-hydroxylation sites is 1. The van der Waals surface area contributed by atoms with Crippen LogP contribution in [0.4, 0.5) is 5.69 Å². The summed E-state index contributed by atoms with van der Waals surface area (Å²) < 4.78 is 56.0. The van der Waals surface area contributed by atoms with Gasteiger partial charge in [0.2, 0.25) is 20.0 Å². The molecule has 0 radical (unpaired) electrons. The number of primary sulfonamides is 1. The van der Waals surface area contributed by atoms with Crippen LogP contribution in [0.15, 0.2) is 46.2 Å². The fourth-order valence-electron chi connectivity index (χ4n) is 2.54. The number of ether oxygens (including phenoxy) is 1. The van der Waals surface area contributed by atoms with E-state index in [9.17, 15) is 16.8 Å². The lowest BCUT2D eigenvalue weighted by molar-refractivity contribution is 0.405. The number of benzene rings is 2. The van der Waals surface area contributed by atoms with Crippen molar-refractivity contribution in [3.63, 3.8) is 0 Å². The molecule has 0 fully saturated rings. The van der Waals surface area contributed by atoms with Crippen LogP contribution in [-0.2, 0) is 20.0 Å². The number of rotatable bonds is 3. The van der Waals surface area contributed by atoms with E-state index in [-0.39, 0.29) is 15.6 Å². The van der Waals surface area contributed by atoms with Crippen molar-refractivity contribution in [2.24, 2.45) is 5.14 Å². The summed E-state index contributed by atoms with van der Waals surface area (Å²) in [6.07, 6.45) is -0.815. The predicted octanol–water partition coefficient (Wildman–Crippen LogP) is 1.40. The van der Waals surface area contributed by atoms with E-state index in [2.05, 4.69) is 10.0 Å². The molecule has 0 unspecified atom stereocenters. The van der Waals surface area contributed by atoms with Crippen LogP contribution in [0.3, 0.4) is 0 Å². The lowest BCUT2D eigenvalue weighted by Crippen LogP contribution is -2.38. The lowest BCUT2D eigenvalue weighted by atomic mass is 10.1. The molecule has 0 aliphatic carbocycles. The molecule has 0 amide bonds. The zero-order chi connectivity index (χ0) is 18.4. The van der Waals surface area contributed by atoms with Gasteiger partial charge in [-0.15, -0.1) is 0 Å². The number of methoxy groups -OCH3 is 1. The first-order valence-electron chi connectivity index (χ1n) is 6.91. The number of hydrogen-bond donors (Lipinski definition) is 3. The van der Waals surface area contributed by atoms with Crippen molar-refractivity contribution in [1.82, 2.24) is 4.72 Å². The van der Waals surface area contributed by atoms with Crippen LogP contribution >= 0.6 is 11.6 Å². The van der Waals surface area contributed by atoms with Gasteiger partial charge in [-0.05, 0) is 18.2 Å². The molecule has 2 aromatic carbocycles. The molecule has 0 saturated carbocycles. The molecule has 4 N–H and O–H groups in total. The Morgan fingerprint density at radius 2 is 1.92 bits per heavy atom. The third-order valence-corrected chi connectivity index (χ3v) is 6.49. The molecule has 1 atom stereocenters. The monoisotopic (exact) mass is 403 g/mol. The maximum absolute atomic E-state index is 12.6. The molecule has 0 saturated heterocycles. The normalized spacial score (nSPS) is 18.9. The van der Waals surface area contributed by atoms with Gasteiger partial charge in [-0.3, -0.25) is 0 Å². The topological polar surface area (TPSA) is 128 Å². The van der Waals surface area contributed by atoms with Gasteiger partial charge in [-0.1, -0.05) is 29.8 Å². The number of nitrogens with two attached hydrogens (primary N) is 1. The van der Waals surface area contributed by atoms with E-state index in [1.165, 1.54) is 13.2 Å². The predicted molar refractivity (Wildman–Crippen MR) is 92.5 cm³/mol. The van der Waals surface area contributed by atoms with E-state index in [0.717, 1.165) is 6.07 Å². The molecule has 3 rings (SSSR count). The van der Waals surface area contributed by atoms with Crippen molar-refractivity contribution >= 4 is 37.3 Å². The van der Waals surface area contributed by atoms with Crippen molar-refractivity contribution in [3.05, 3.63) is 47.0 Å². The summed E-state index contributed by atoms with van der Waals surface area (Å²) in [4.78, 5) is -0.720. The number of fused-ring (bicyclic) bond motifs is 1. The lowest BCUT2D eigenvalue weighted by Gasteiger charge is -2.29. The second-order valence-electron chi connectivity index (χ2n) is 5.26. The van der Waals surface area contributed by atoms with E-state index in [1.807, 2.05) is 0 Å². The highest BCUT2D eigenvalue weighted by Gasteiger charge is 2.33. The van der Waals surface area contributed by atoms with Crippen LogP contribution in [0.2, 0.25) is 5.02 Å². The van der Waals surface area contributed by atoms with Crippen molar-refractivity contribution in [1.29, 1.82) is 0 Å². The number of hydrogen-bond acceptors (Lipinski definition) is 6. The van der Waals surface area contributed by atoms with Gasteiger partial charge in [-0.25, -0.2) is 22.0 Å². The third kappa shape index (κ3) is 3.31. The van der Waals surface area contributed by atoms with Gasteiger partial charge in [0.05, 0.1) is 17.8 Å². The Morgan fingerprint density at radius 3 is 2.56 bits per heavy atom. The first kappa shape index (κ1) is 18.0. The zero-order valence-corrected chi connectivity index (χ0v) is 15.2. The average molecular weight is 404 g/mol. The molecule has 1 heterocycles. The van der Waals surface area contributed by atoms with Gasteiger partial charge in [0, 0.05) is 5.56 Å². The minimum atomic E-state index is -4.17. The number of halogens is 1. The summed E-state index contributed by atoms with van der Waals surface area (Å²) in [5.41, 5.74) is 0.720. The Morgan fingerprint density at radius 1 is 1.24 bits per heavy atom. The molecule has 134 valence electrons. The molecule has 25 heavy (non-hydrogen) atoms. The molecule has 0 spiro atoms. The molecule has 1 aliphatic heterocycles. The summed E-state index contributed by atoms with van der Waals surface area (Å²) in [5, 5.41) is 7.87. The third-order valence-electron chi connectivity index (χ3n) is 3.65. The first-order valence-corrected chi connectivity index (χ1v) is 10.3. The maximum atomic E-state index is 12.6. The fraction of sp³-hybridized carbons (Fsp3) is 0.143. The van der Waals surface area contributed by atoms with Crippen LogP contribution in [0.25, 0.3) is 0 Å². The maximum Gasteiger partial charge on any atom is 0.244 e. The van der Waals surface area contributed by atoms with E-state index in [4.69, 9.17) is 21.5 Å². The summed E-state index contributed by atoms with van der Waals surface area (Å²) in [5.74, 6) is 0.485. The van der Waals surface area contributed by atoms with E-state index >= 15 is 0 Å². The molecule has 2 aromatic rings. The smallest absolute Gasteiger partial charge is 0.244 e. The zero-order valence-electron chi connectivity index (χ0n) is 12.9. The van der Waals surface area contributed by atoms with Crippen LogP contribution in [-0.4, -0.2) is 23.9 Å². The number of anilines is 1. The standard InChI is InChI=1S/C14H14ClN3O5S2/c1-23-11-5-3-2-4-8(11)14-17-10-6-9(15)12(24(16,19)20)7-13(10)25(21,22)18-14/h2-7,14,17-18H,1H3,(H2,16,19,20)/t14-/m1/s1. The van der Waals surface area contributed by atoms with Gasteiger partial charge in [0.15, 0.2) is 0 Å². The number of sulfonamides is 2. The van der Waals surface area contributed by atoms with E-state index in [1.54, 1.807) is 24.3 Å². The minimum absolute atomic E-state index is 0.159. The highest BCUT2D eigenvalue weighted by Crippen LogP contribution is 2.38. The van der Waals surface area contributed by atoms with E-state index < -0.39 is 31.1 Å². The van der Waals surface area contributed by atoms with Gasteiger partial charge in [-0.2, -0.15) is 4.72 Å². The van der Waals surface area contributed by atoms with E-state index in [0.29, 0.717) is 11.3 Å². The Bertz CT molecular complexity index is 1050. The Balaban J connectivity index is 2.15. The second kappa shape index (κ2) is 6.15. The molecule has 0 aromatic heterocycles. The molecule has 8 nitrogen and oxygen atoms in total. The van der Waals surface area contributed by atoms with Gasteiger partial charge in [0.1, 0.15) is 21.7 Å². The Kier molecular flexibility index (Phi) is 4.41. The van der Waals surface area contributed by atoms with Crippen molar-refractivity contribution in [2.75, 3.05) is 12.4 Å². The fourth-order valence-corrected chi connectivity index (χ4v) is 5.01. The van der Waals surface area contributed by atoms with Crippen molar-refractivity contribution < 1.29 is 21.6 Å². The average Bonchev–Trinajstić information content (AvgIpc) is 2.52. The highest BCUT2D eigenvalue weighted by atomic mass is 35.5. The Hall–Kier alpha value is -1.85. The van der Waals surface area contributed by atoms with Crippen LogP contribution in [0, 0.1) is 0 Å². The van der Waals surface area contributed by atoms with Crippen molar-refractivity contribution in [2.45, 2.75) is 16.0 Å². The quantitative estimate of drug-likeness (QED) is 0.710. The molecule has 1 aliphatic rings. The SMILES string of the molecule is COc1ccccc1[C@@H]1Nc2cc(Cl)c(S(N)(=O)=O)cc2S(=O)(=O)N1. The van der Waals surface area contributed by atoms with Crippen molar-refractivity contribution in [3.8, 4) is 5.75 Å². The summed E-state index contributed by atoms with van der Waals surface area (Å²) in [6.45, 7) is 0. The molecular formula is C14H14ClN3O5S2. The largest absolute Gasteiger partial charge is 0.496 e. The second-order valence-corrected chi connectivity index (χ2v) is 8.88. The van der Waals surface area contributed by atoms with Crippen LogP contribution in [0.1, 0.15) is 11.7 Å². The minimum Gasteiger partial charge on any atom is -0.496 e. The van der Waals surface area contributed by atoms with Gasteiger partial charge < -0.3 is 10.1 Å².